The number of pyridine rings is 1. The fourth-order valence-electron chi connectivity index (χ4n) is 2.75. The third-order valence-electron chi connectivity index (χ3n) is 4.23. The average molecular weight is 394 g/mol. The van der Waals surface area contributed by atoms with E-state index in [0.717, 1.165) is 16.7 Å². The monoisotopic (exact) mass is 393 g/mol. The minimum absolute atomic E-state index is 0.188. The van der Waals surface area contributed by atoms with E-state index < -0.39 is 0 Å². The summed E-state index contributed by atoms with van der Waals surface area (Å²) in [5.74, 6) is -0.653. The van der Waals surface area contributed by atoms with Crippen molar-refractivity contribution < 1.29 is 9.59 Å². The van der Waals surface area contributed by atoms with Crippen LogP contribution in [0.1, 0.15) is 37.5 Å². The molecule has 0 unspecified atom stereocenters. The van der Waals surface area contributed by atoms with E-state index in [4.69, 9.17) is 11.6 Å². The molecule has 6 heteroatoms. The van der Waals surface area contributed by atoms with Crippen molar-refractivity contribution >= 4 is 29.1 Å². The minimum atomic E-state index is -0.334. The van der Waals surface area contributed by atoms with Crippen LogP contribution in [0.2, 0.25) is 5.02 Å². The van der Waals surface area contributed by atoms with E-state index in [0.29, 0.717) is 22.8 Å². The number of aryl methyl sites for hydroxylation is 2. The Morgan fingerprint density at radius 2 is 1.82 bits per heavy atom. The van der Waals surface area contributed by atoms with E-state index in [-0.39, 0.29) is 17.5 Å². The summed E-state index contributed by atoms with van der Waals surface area (Å²) >= 11 is 5.94. The molecular weight excluding hydrogens is 374 g/mol. The van der Waals surface area contributed by atoms with Crippen LogP contribution in [0.15, 0.2) is 60.8 Å². The number of hydrogen-bond donors (Lipinski definition) is 2. The molecule has 3 aromatic rings. The molecule has 3 rings (SSSR count). The molecule has 142 valence electrons. The van der Waals surface area contributed by atoms with Gasteiger partial charge in [-0.05, 0) is 55.3 Å². The lowest BCUT2D eigenvalue weighted by Crippen LogP contribution is -2.24. The van der Waals surface area contributed by atoms with Crippen LogP contribution in [0.3, 0.4) is 0 Å². The van der Waals surface area contributed by atoms with Crippen LogP contribution in [0.25, 0.3) is 0 Å². The Balaban J connectivity index is 1.68. The number of hydrogen-bond acceptors (Lipinski definition) is 3. The molecule has 2 amide bonds. The van der Waals surface area contributed by atoms with Gasteiger partial charge in [0.15, 0.2) is 0 Å². The molecule has 2 N–H and O–H groups in total. The van der Waals surface area contributed by atoms with Crippen molar-refractivity contribution in [1.29, 1.82) is 0 Å². The Morgan fingerprint density at radius 1 is 1.00 bits per heavy atom. The second-order valence-electron chi connectivity index (χ2n) is 6.51. The fraction of sp³-hybridized carbons (Fsp3) is 0.136. The summed E-state index contributed by atoms with van der Waals surface area (Å²) < 4.78 is 0. The van der Waals surface area contributed by atoms with Crippen molar-refractivity contribution in [1.82, 2.24) is 10.3 Å². The zero-order valence-electron chi connectivity index (χ0n) is 15.6. The zero-order chi connectivity index (χ0) is 20.1. The molecule has 0 atom stereocenters. The first-order chi connectivity index (χ1) is 13.4. The van der Waals surface area contributed by atoms with Crippen LogP contribution in [-0.2, 0) is 6.54 Å². The second-order valence-corrected chi connectivity index (χ2v) is 6.95. The van der Waals surface area contributed by atoms with E-state index in [1.54, 1.807) is 24.3 Å². The molecule has 0 saturated carbocycles. The molecule has 5 nitrogen and oxygen atoms in total. The Bertz CT molecular complexity index is 1030. The summed E-state index contributed by atoms with van der Waals surface area (Å²) in [6.45, 7) is 4.25. The Hall–Kier alpha value is -3.18. The van der Waals surface area contributed by atoms with Gasteiger partial charge in [0, 0.05) is 29.0 Å². The van der Waals surface area contributed by atoms with Gasteiger partial charge in [-0.25, -0.2) is 0 Å². The number of halogens is 1. The molecule has 0 bridgehead atoms. The first kappa shape index (κ1) is 19.6. The molecular formula is C22H20ClN3O2. The molecule has 0 aliphatic carbocycles. The summed E-state index contributed by atoms with van der Waals surface area (Å²) in [5, 5.41) is 6.26. The largest absolute Gasteiger partial charge is 0.347 e. The van der Waals surface area contributed by atoms with Gasteiger partial charge in [0.05, 0.1) is 0 Å². The van der Waals surface area contributed by atoms with Crippen LogP contribution in [0, 0.1) is 13.8 Å². The first-order valence-electron chi connectivity index (χ1n) is 8.79. The standard InChI is InChI=1S/C22H20ClN3O2/c1-14-4-3-5-16(10-14)13-25-22(28)20-12-17(8-9-24-20)21(27)26-19-7-6-18(23)11-15(19)2/h3-12H,13H2,1-2H3,(H,25,28)(H,26,27). The van der Waals surface area contributed by atoms with E-state index in [9.17, 15) is 9.59 Å². The lowest BCUT2D eigenvalue weighted by atomic mass is 10.1. The van der Waals surface area contributed by atoms with Crippen LogP contribution in [-0.4, -0.2) is 16.8 Å². The van der Waals surface area contributed by atoms with Gasteiger partial charge in [-0.15, -0.1) is 0 Å². The maximum Gasteiger partial charge on any atom is 0.270 e. The zero-order valence-corrected chi connectivity index (χ0v) is 16.4. The Labute approximate surface area is 168 Å². The topological polar surface area (TPSA) is 71.1 Å². The third-order valence-corrected chi connectivity index (χ3v) is 4.46. The predicted molar refractivity (Wildman–Crippen MR) is 111 cm³/mol. The number of benzene rings is 2. The fourth-order valence-corrected chi connectivity index (χ4v) is 2.98. The highest BCUT2D eigenvalue weighted by Crippen LogP contribution is 2.20. The van der Waals surface area contributed by atoms with E-state index in [2.05, 4.69) is 15.6 Å². The molecule has 28 heavy (non-hydrogen) atoms. The number of carbonyl (C=O) groups is 2. The summed E-state index contributed by atoms with van der Waals surface area (Å²) in [6.07, 6.45) is 1.45. The van der Waals surface area contributed by atoms with Crippen molar-refractivity contribution in [3.8, 4) is 0 Å². The van der Waals surface area contributed by atoms with Crippen LogP contribution >= 0.6 is 11.6 Å². The molecule has 0 radical (unpaired) electrons. The number of nitrogens with zero attached hydrogens (tertiary/aromatic N) is 1. The number of aromatic nitrogens is 1. The van der Waals surface area contributed by atoms with Gasteiger partial charge in [0.2, 0.25) is 0 Å². The van der Waals surface area contributed by atoms with Gasteiger partial charge in [-0.3, -0.25) is 14.6 Å². The van der Waals surface area contributed by atoms with Gasteiger partial charge in [-0.1, -0.05) is 41.4 Å². The highest BCUT2D eigenvalue weighted by atomic mass is 35.5. The smallest absolute Gasteiger partial charge is 0.270 e. The molecule has 1 heterocycles. The molecule has 0 aliphatic heterocycles. The molecule has 2 aromatic carbocycles. The number of rotatable bonds is 5. The molecule has 0 spiro atoms. The van der Waals surface area contributed by atoms with Crippen molar-refractivity contribution in [2.75, 3.05) is 5.32 Å². The van der Waals surface area contributed by atoms with Crippen molar-refractivity contribution in [3.63, 3.8) is 0 Å². The van der Waals surface area contributed by atoms with Gasteiger partial charge in [0.25, 0.3) is 11.8 Å². The third kappa shape index (κ3) is 4.96. The lowest BCUT2D eigenvalue weighted by Gasteiger charge is -2.10. The van der Waals surface area contributed by atoms with E-state index in [1.165, 1.54) is 12.3 Å². The number of amides is 2. The first-order valence-corrected chi connectivity index (χ1v) is 9.17. The summed E-state index contributed by atoms with van der Waals surface area (Å²) in [6, 6.07) is 16.2. The highest BCUT2D eigenvalue weighted by Gasteiger charge is 2.13. The van der Waals surface area contributed by atoms with Gasteiger partial charge >= 0.3 is 0 Å². The summed E-state index contributed by atoms with van der Waals surface area (Å²) in [7, 11) is 0. The SMILES string of the molecule is Cc1cccc(CNC(=O)c2cc(C(=O)Nc3ccc(Cl)cc3C)ccn2)c1. The number of anilines is 1. The minimum Gasteiger partial charge on any atom is -0.347 e. The van der Waals surface area contributed by atoms with Gasteiger partial charge < -0.3 is 10.6 Å². The predicted octanol–water partition coefficient (Wildman–Crippen LogP) is 4.53. The van der Waals surface area contributed by atoms with Crippen LogP contribution in [0.5, 0.6) is 0 Å². The van der Waals surface area contributed by atoms with Gasteiger partial charge in [0.1, 0.15) is 5.69 Å². The normalized spacial score (nSPS) is 10.4. The highest BCUT2D eigenvalue weighted by molar-refractivity contribution is 6.30. The van der Waals surface area contributed by atoms with Crippen molar-refractivity contribution in [3.05, 3.63) is 93.8 Å². The lowest BCUT2D eigenvalue weighted by molar-refractivity contribution is 0.0946. The van der Waals surface area contributed by atoms with Crippen molar-refractivity contribution in [2.24, 2.45) is 0 Å². The van der Waals surface area contributed by atoms with E-state index in [1.807, 2.05) is 38.1 Å². The van der Waals surface area contributed by atoms with E-state index >= 15 is 0 Å². The maximum atomic E-state index is 12.5. The average Bonchev–Trinajstić information content (AvgIpc) is 2.68. The molecule has 0 aliphatic rings. The number of carbonyl (C=O) groups excluding carboxylic acids is 2. The van der Waals surface area contributed by atoms with Crippen LogP contribution in [0.4, 0.5) is 5.69 Å². The second kappa shape index (κ2) is 8.67. The number of nitrogens with one attached hydrogen (secondary N) is 2. The summed E-state index contributed by atoms with van der Waals surface area (Å²) in [5.41, 5.74) is 4.18. The Kier molecular flexibility index (Phi) is 6.06. The molecule has 1 aromatic heterocycles. The summed E-state index contributed by atoms with van der Waals surface area (Å²) in [4.78, 5) is 29.0. The van der Waals surface area contributed by atoms with Crippen LogP contribution < -0.4 is 10.6 Å². The quantitative estimate of drug-likeness (QED) is 0.668. The molecule has 0 fully saturated rings. The van der Waals surface area contributed by atoms with Crippen molar-refractivity contribution in [2.45, 2.75) is 20.4 Å². The van der Waals surface area contributed by atoms with Gasteiger partial charge in [-0.2, -0.15) is 0 Å². The molecule has 0 saturated heterocycles. The maximum absolute atomic E-state index is 12.5. The Morgan fingerprint density at radius 3 is 2.57 bits per heavy atom.